The Morgan fingerprint density at radius 3 is 2.95 bits per heavy atom. The monoisotopic (exact) mass is 260 g/mol. The van der Waals surface area contributed by atoms with E-state index in [0.29, 0.717) is 0 Å². The molecule has 0 radical (unpaired) electrons. The van der Waals surface area contributed by atoms with Crippen LogP contribution in [-0.4, -0.2) is 29.7 Å². The van der Waals surface area contributed by atoms with Gasteiger partial charge in [-0.3, -0.25) is 0 Å². The van der Waals surface area contributed by atoms with E-state index in [1.54, 1.807) is 12.3 Å². The number of carboxylic acid groups (broad SMARTS) is 1. The molecule has 3 atom stereocenters. The maximum atomic E-state index is 11.2. The Hall–Kier alpha value is -1.58. The molecule has 19 heavy (non-hydrogen) atoms. The highest BCUT2D eigenvalue weighted by atomic mass is 16.4. The summed E-state index contributed by atoms with van der Waals surface area (Å²) in [6, 6.07) is 3.66. The summed E-state index contributed by atoms with van der Waals surface area (Å²) in [6.07, 6.45) is 7.01. The lowest BCUT2D eigenvalue weighted by molar-refractivity contribution is 0.0691. The number of anilines is 1. The van der Waals surface area contributed by atoms with E-state index in [2.05, 4.69) is 9.88 Å². The Kier molecular flexibility index (Phi) is 3.17. The van der Waals surface area contributed by atoms with Gasteiger partial charge in [-0.05, 0) is 49.1 Å². The van der Waals surface area contributed by atoms with E-state index in [1.807, 2.05) is 13.1 Å². The standard InChI is InChI=1S/C15H20N2O2/c1-17(9-12-8-10-4-5-11(12)7-10)13-3-2-6-16-14(13)15(18)19/h2-3,6,10-12H,4-5,7-9H2,1H3,(H,18,19). The van der Waals surface area contributed by atoms with Gasteiger partial charge in [0.1, 0.15) is 0 Å². The van der Waals surface area contributed by atoms with E-state index in [0.717, 1.165) is 30.0 Å². The number of hydrogen-bond donors (Lipinski definition) is 1. The Morgan fingerprint density at radius 2 is 2.32 bits per heavy atom. The fourth-order valence-corrected chi connectivity index (χ4v) is 3.92. The maximum absolute atomic E-state index is 11.2. The Bertz CT molecular complexity index is 489. The van der Waals surface area contributed by atoms with Crippen LogP contribution in [-0.2, 0) is 0 Å². The number of carboxylic acids is 1. The summed E-state index contributed by atoms with van der Waals surface area (Å²) in [7, 11) is 1.98. The minimum absolute atomic E-state index is 0.160. The molecule has 1 heterocycles. The van der Waals surface area contributed by atoms with Crippen molar-refractivity contribution in [3.63, 3.8) is 0 Å². The summed E-state index contributed by atoms with van der Waals surface area (Å²) in [5.41, 5.74) is 0.894. The van der Waals surface area contributed by atoms with Gasteiger partial charge in [-0.25, -0.2) is 9.78 Å². The molecular formula is C15H20N2O2. The summed E-state index contributed by atoms with van der Waals surface area (Å²) in [5, 5.41) is 9.19. The third-order valence-electron chi connectivity index (χ3n) is 4.79. The first-order valence-electron chi connectivity index (χ1n) is 7.04. The van der Waals surface area contributed by atoms with Gasteiger partial charge in [0.25, 0.3) is 0 Å². The molecule has 2 fully saturated rings. The average molecular weight is 260 g/mol. The second kappa shape index (κ2) is 4.83. The predicted molar refractivity (Wildman–Crippen MR) is 73.4 cm³/mol. The molecule has 1 aromatic rings. The number of rotatable bonds is 4. The van der Waals surface area contributed by atoms with Crippen molar-refractivity contribution in [2.75, 3.05) is 18.5 Å². The quantitative estimate of drug-likeness (QED) is 0.904. The fourth-order valence-electron chi connectivity index (χ4n) is 3.92. The zero-order valence-electron chi connectivity index (χ0n) is 11.2. The summed E-state index contributed by atoms with van der Waals surface area (Å²) in [5.74, 6) is 1.56. The molecule has 4 heteroatoms. The molecule has 4 nitrogen and oxygen atoms in total. The van der Waals surface area contributed by atoms with Crippen molar-refractivity contribution in [1.29, 1.82) is 0 Å². The molecule has 2 aliphatic carbocycles. The zero-order chi connectivity index (χ0) is 13.4. The summed E-state index contributed by atoms with van der Waals surface area (Å²) < 4.78 is 0. The van der Waals surface area contributed by atoms with E-state index in [4.69, 9.17) is 0 Å². The minimum Gasteiger partial charge on any atom is -0.476 e. The molecule has 0 aliphatic heterocycles. The molecule has 1 N–H and O–H groups in total. The van der Waals surface area contributed by atoms with E-state index < -0.39 is 5.97 Å². The SMILES string of the molecule is CN(CC1CC2CCC1C2)c1cccnc1C(=O)O. The van der Waals surface area contributed by atoms with Crippen molar-refractivity contribution >= 4 is 11.7 Å². The maximum Gasteiger partial charge on any atom is 0.356 e. The lowest BCUT2D eigenvalue weighted by atomic mass is 9.88. The second-order valence-electron chi connectivity index (χ2n) is 5.99. The van der Waals surface area contributed by atoms with Gasteiger partial charge < -0.3 is 10.0 Å². The van der Waals surface area contributed by atoms with Crippen molar-refractivity contribution in [2.45, 2.75) is 25.7 Å². The number of fused-ring (bicyclic) bond motifs is 2. The lowest BCUT2D eigenvalue weighted by Gasteiger charge is -2.29. The molecule has 3 unspecified atom stereocenters. The predicted octanol–water partition coefficient (Wildman–Crippen LogP) is 2.65. The van der Waals surface area contributed by atoms with Gasteiger partial charge in [-0.2, -0.15) is 0 Å². The van der Waals surface area contributed by atoms with Crippen LogP contribution >= 0.6 is 0 Å². The summed E-state index contributed by atoms with van der Waals surface area (Å²) >= 11 is 0. The van der Waals surface area contributed by atoms with E-state index >= 15 is 0 Å². The van der Waals surface area contributed by atoms with Gasteiger partial charge >= 0.3 is 5.97 Å². The highest BCUT2D eigenvalue weighted by molar-refractivity contribution is 5.92. The zero-order valence-corrected chi connectivity index (χ0v) is 11.2. The number of hydrogen-bond acceptors (Lipinski definition) is 3. The van der Waals surface area contributed by atoms with E-state index in [-0.39, 0.29) is 5.69 Å². The van der Waals surface area contributed by atoms with Gasteiger partial charge in [0.05, 0.1) is 5.69 Å². The molecule has 0 spiro atoms. The van der Waals surface area contributed by atoms with Crippen molar-refractivity contribution in [3.8, 4) is 0 Å². The molecular weight excluding hydrogens is 240 g/mol. The van der Waals surface area contributed by atoms with E-state index in [1.165, 1.54) is 25.7 Å². The van der Waals surface area contributed by atoms with Gasteiger partial charge in [-0.1, -0.05) is 6.42 Å². The van der Waals surface area contributed by atoms with Crippen LogP contribution in [0.4, 0.5) is 5.69 Å². The molecule has 0 amide bonds. The molecule has 2 aliphatic rings. The van der Waals surface area contributed by atoms with Gasteiger partial charge in [0.2, 0.25) is 0 Å². The van der Waals surface area contributed by atoms with Crippen molar-refractivity contribution in [2.24, 2.45) is 17.8 Å². The third kappa shape index (κ3) is 2.31. The second-order valence-corrected chi connectivity index (χ2v) is 5.99. The van der Waals surface area contributed by atoms with Gasteiger partial charge in [0.15, 0.2) is 5.69 Å². The van der Waals surface area contributed by atoms with Crippen LogP contribution in [0.1, 0.15) is 36.2 Å². The molecule has 2 bridgehead atoms. The number of aromatic carboxylic acids is 1. The first kappa shape index (κ1) is 12.5. The van der Waals surface area contributed by atoms with Crippen LogP contribution in [0.3, 0.4) is 0 Å². The Balaban J connectivity index is 1.74. The molecule has 3 rings (SSSR count). The molecule has 0 aromatic carbocycles. The van der Waals surface area contributed by atoms with E-state index in [9.17, 15) is 9.90 Å². The van der Waals surface area contributed by atoms with Gasteiger partial charge in [0, 0.05) is 19.8 Å². The minimum atomic E-state index is -0.949. The van der Waals surface area contributed by atoms with Crippen molar-refractivity contribution < 1.29 is 9.90 Å². The average Bonchev–Trinajstić information content (AvgIpc) is 3.01. The topological polar surface area (TPSA) is 53.4 Å². The first-order chi connectivity index (χ1) is 9.15. The normalized spacial score (nSPS) is 28.6. The largest absolute Gasteiger partial charge is 0.476 e. The summed E-state index contributed by atoms with van der Waals surface area (Å²) in [6.45, 7) is 0.952. The molecule has 1 aromatic heterocycles. The van der Waals surface area contributed by atoms with Crippen molar-refractivity contribution in [1.82, 2.24) is 4.98 Å². The Morgan fingerprint density at radius 1 is 1.47 bits per heavy atom. The number of carbonyl (C=O) groups is 1. The van der Waals surface area contributed by atoms with Crippen LogP contribution in [0.15, 0.2) is 18.3 Å². The number of aromatic nitrogens is 1. The lowest BCUT2D eigenvalue weighted by Crippen LogP contribution is -2.30. The van der Waals surface area contributed by atoms with Crippen LogP contribution in [0.2, 0.25) is 0 Å². The van der Waals surface area contributed by atoms with Crippen LogP contribution in [0.25, 0.3) is 0 Å². The number of pyridine rings is 1. The molecule has 2 saturated carbocycles. The van der Waals surface area contributed by atoms with Crippen LogP contribution in [0.5, 0.6) is 0 Å². The number of nitrogens with zero attached hydrogens (tertiary/aromatic N) is 2. The highest BCUT2D eigenvalue weighted by Gasteiger charge is 2.39. The Labute approximate surface area is 113 Å². The first-order valence-corrected chi connectivity index (χ1v) is 7.04. The van der Waals surface area contributed by atoms with Crippen LogP contribution in [0, 0.1) is 17.8 Å². The van der Waals surface area contributed by atoms with Crippen molar-refractivity contribution in [3.05, 3.63) is 24.0 Å². The van der Waals surface area contributed by atoms with Gasteiger partial charge in [-0.15, -0.1) is 0 Å². The summed E-state index contributed by atoms with van der Waals surface area (Å²) in [4.78, 5) is 17.3. The molecule has 0 saturated heterocycles. The van der Waals surface area contributed by atoms with Crippen LogP contribution < -0.4 is 4.90 Å². The highest BCUT2D eigenvalue weighted by Crippen LogP contribution is 2.48. The molecule has 102 valence electrons. The third-order valence-corrected chi connectivity index (χ3v) is 4.79. The fraction of sp³-hybridized carbons (Fsp3) is 0.600. The smallest absolute Gasteiger partial charge is 0.356 e.